The number of hydrogen-bond donors (Lipinski definition) is 0. The number of carbonyl (C=O) groups excluding carboxylic acids is 1. The van der Waals surface area contributed by atoms with Crippen molar-refractivity contribution in [2.24, 2.45) is 0 Å². The van der Waals surface area contributed by atoms with Crippen LogP contribution in [0.25, 0.3) is 0 Å². The summed E-state index contributed by atoms with van der Waals surface area (Å²) in [5.41, 5.74) is 0. The molecule has 0 N–H and O–H groups in total. The van der Waals surface area contributed by atoms with Crippen molar-refractivity contribution in [2.75, 3.05) is 19.3 Å². The van der Waals surface area contributed by atoms with Crippen LogP contribution in [0.4, 0.5) is 0 Å². The Labute approximate surface area is 121 Å². The lowest BCUT2D eigenvalue weighted by atomic mass is 10.4. The molecule has 0 radical (unpaired) electrons. The number of amides is 1. The summed E-state index contributed by atoms with van der Waals surface area (Å²) in [6, 6.07) is 6.41. The standard InChI is InChI=1S/C13H14BrNO3S/c1-3-8-15(2)13(16)7-9-19(17,18)12-6-4-5-11(14)10-12/h1,4-6,10H,7-9H2,2H3. The molecule has 0 aromatic heterocycles. The highest BCUT2D eigenvalue weighted by Gasteiger charge is 2.18. The number of hydrogen-bond acceptors (Lipinski definition) is 3. The fraction of sp³-hybridized carbons (Fsp3) is 0.308. The maximum absolute atomic E-state index is 12.0. The van der Waals surface area contributed by atoms with Crippen LogP contribution < -0.4 is 0 Å². The molecule has 4 nitrogen and oxygen atoms in total. The van der Waals surface area contributed by atoms with Crippen LogP contribution in [0.15, 0.2) is 33.6 Å². The van der Waals surface area contributed by atoms with E-state index in [0.717, 1.165) is 0 Å². The Morgan fingerprint density at radius 1 is 1.47 bits per heavy atom. The van der Waals surface area contributed by atoms with Gasteiger partial charge in [-0.25, -0.2) is 8.42 Å². The highest BCUT2D eigenvalue weighted by atomic mass is 79.9. The van der Waals surface area contributed by atoms with E-state index < -0.39 is 9.84 Å². The van der Waals surface area contributed by atoms with Crippen LogP contribution in [0.2, 0.25) is 0 Å². The molecule has 0 saturated carbocycles. The van der Waals surface area contributed by atoms with E-state index in [-0.39, 0.29) is 29.5 Å². The first-order chi connectivity index (χ1) is 8.86. The van der Waals surface area contributed by atoms with E-state index in [0.29, 0.717) is 4.47 Å². The van der Waals surface area contributed by atoms with E-state index in [9.17, 15) is 13.2 Å². The maximum atomic E-state index is 12.0. The number of carbonyl (C=O) groups is 1. The summed E-state index contributed by atoms with van der Waals surface area (Å²) in [5.74, 6) is 1.83. The Kier molecular flexibility index (Phi) is 5.58. The molecule has 0 aliphatic carbocycles. The van der Waals surface area contributed by atoms with Gasteiger partial charge in [-0.1, -0.05) is 27.9 Å². The number of halogens is 1. The molecule has 0 saturated heterocycles. The summed E-state index contributed by atoms with van der Waals surface area (Å²) < 4.78 is 24.8. The molecule has 0 aliphatic heterocycles. The number of sulfone groups is 1. The smallest absolute Gasteiger partial charge is 0.224 e. The molecule has 102 valence electrons. The molecule has 0 heterocycles. The molecular formula is C13H14BrNO3S. The minimum atomic E-state index is -3.46. The van der Waals surface area contributed by atoms with Gasteiger partial charge in [-0.3, -0.25) is 4.79 Å². The Hall–Kier alpha value is -1.32. The lowest BCUT2D eigenvalue weighted by Gasteiger charge is -2.13. The van der Waals surface area contributed by atoms with Gasteiger partial charge in [-0.05, 0) is 18.2 Å². The minimum Gasteiger partial charge on any atom is -0.335 e. The number of terminal acetylenes is 1. The second-order valence-electron chi connectivity index (χ2n) is 3.98. The third kappa shape index (κ3) is 4.69. The van der Waals surface area contributed by atoms with Gasteiger partial charge in [0.25, 0.3) is 0 Å². The molecule has 0 atom stereocenters. The van der Waals surface area contributed by atoms with E-state index in [4.69, 9.17) is 6.42 Å². The summed E-state index contributed by atoms with van der Waals surface area (Å²) in [6.45, 7) is 0.176. The first-order valence-electron chi connectivity index (χ1n) is 5.52. The topological polar surface area (TPSA) is 54.5 Å². The monoisotopic (exact) mass is 343 g/mol. The lowest BCUT2D eigenvalue weighted by molar-refractivity contribution is -0.128. The van der Waals surface area contributed by atoms with Crippen LogP contribution in [-0.2, 0) is 14.6 Å². The van der Waals surface area contributed by atoms with E-state index in [2.05, 4.69) is 21.9 Å². The van der Waals surface area contributed by atoms with E-state index >= 15 is 0 Å². The van der Waals surface area contributed by atoms with Crippen molar-refractivity contribution < 1.29 is 13.2 Å². The molecular weight excluding hydrogens is 330 g/mol. The van der Waals surface area contributed by atoms with Crippen molar-refractivity contribution in [1.29, 1.82) is 0 Å². The zero-order valence-electron chi connectivity index (χ0n) is 10.5. The van der Waals surface area contributed by atoms with E-state index in [1.54, 1.807) is 19.2 Å². The molecule has 0 unspecified atom stereocenters. The van der Waals surface area contributed by atoms with Gasteiger partial charge in [0, 0.05) is 17.9 Å². The largest absolute Gasteiger partial charge is 0.335 e. The minimum absolute atomic E-state index is 0.0764. The van der Waals surface area contributed by atoms with E-state index in [1.807, 2.05) is 0 Å². The average molecular weight is 344 g/mol. The summed E-state index contributed by atoms with van der Waals surface area (Å²) in [4.78, 5) is 13.2. The molecule has 0 fully saturated rings. The van der Waals surface area contributed by atoms with Crippen molar-refractivity contribution in [3.63, 3.8) is 0 Å². The fourth-order valence-electron chi connectivity index (χ4n) is 1.42. The molecule has 0 bridgehead atoms. The van der Waals surface area contributed by atoms with Crippen LogP contribution >= 0.6 is 15.9 Å². The first-order valence-corrected chi connectivity index (χ1v) is 7.97. The number of nitrogens with zero attached hydrogens (tertiary/aromatic N) is 1. The first kappa shape index (κ1) is 15.7. The lowest BCUT2D eigenvalue weighted by Crippen LogP contribution is -2.28. The second-order valence-corrected chi connectivity index (χ2v) is 7.00. The van der Waals surface area contributed by atoms with Gasteiger partial charge in [0.05, 0.1) is 17.2 Å². The van der Waals surface area contributed by atoms with Crippen LogP contribution in [0.1, 0.15) is 6.42 Å². The van der Waals surface area contributed by atoms with E-state index in [1.165, 1.54) is 17.0 Å². The van der Waals surface area contributed by atoms with Crippen molar-refractivity contribution in [3.8, 4) is 12.3 Å². The maximum Gasteiger partial charge on any atom is 0.224 e. The molecule has 0 aliphatic rings. The summed E-state index contributed by atoms with van der Waals surface area (Å²) in [6.07, 6.45) is 5.01. The van der Waals surface area contributed by atoms with Crippen LogP contribution in [0.5, 0.6) is 0 Å². The Morgan fingerprint density at radius 3 is 2.74 bits per heavy atom. The molecule has 6 heteroatoms. The zero-order valence-corrected chi connectivity index (χ0v) is 12.9. The van der Waals surface area contributed by atoms with Gasteiger partial charge in [-0.15, -0.1) is 6.42 Å². The Balaban J connectivity index is 2.72. The van der Waals surface area contributed by atoms with Gasteiger partial charge in [0.15, 0.2) is 9.84 Å². The van der Waals surface area contributed by atoms with Gasteiger partial charge >= 0.3 is 0 Å². The normalized spacial score (nSPS) is 10.8. The van der Waals surface area contributed by atoms with Crippen molar-refractivity contribution in [3.05, 3.63) is 28.7 Å². The van der Waals surface area contributed by atoms with Gasteiger partial charge < -0.3 is 4.90 Å². The third-order valence-corrected chi connectivity index (χ3v) is 4.70. The molecule has 19 heavy (non-hydrogen) atoms. The average Bonchev–Trinajstić information content (AvgIpc) is 2.36. The van der Waals surface area contributed by atoms with Gasteiger partial charge in [-0.2, -0.15) is 0 Å². The Morgan fingerprint density at radius 2 is 2.16 bits per heavy atom. The Bertz CT molecular complexity index is 605. The predicted octanol–water partition coefficient (Wildman–Crippen LogP) is 1.70. The third-order valence-electron chi connectivity index (χ3n) is 2.49. The summed E-state index contributed by atoms with van der Waals surface area (Å²) in [5, 5.41) is 0. The highest BCUT2D eigenvalue weighted by molar-refractivity contribution is 9.10. The quantitative estimate of drug-likeness (QED) is 0.764. The van der Waals surface area contributed by atoms with Crippen LogP contribution in [-0.4, -0.2) is 38.6 Å². The molecule has 1 rings (SSSR count). The molecule has 1 aromatic carbocycles. The van der Waals surface area contributed by atoms with Crippen molar-refractivity contribution >= 4 is 31.7 Å². The summed E-state index contributed by atoms with van der Waals surface area (Å²) >= 11 is 3.22. The SMILES string of the molecule is C#CCN(C)C(=O)CCS(=O)(=O)c1cccc(Br)c1. The van der Waals surface area contributed by atoms with Crippen LogP contribution in [0, 0.1) is 12.3 Å². The second kappa shape index (κ2) is 6.73. The summed E-state index contributed by atoms with van der Waals surface area (Å²) in [7, 11) is -1.91. The van der Waals surface area contributed by atoms with Gasteiger partial charge in [0.2, 0.25) is 5.91 Å². The molecule has 1 amide bonds. The zero-order chi connectivity index (χ0) is 14.5. The number of benzene rings is 1. The van der Waals surface area contributed by atoms with Crippen molar-refractivity contribution in [2.45, 2.75) is 11.3 Å². The molecule has 1 aromatic rings. The fourth-order valence-corrected chi connectivity index (χ4v) is 3.24. The van der Waals surface area contributed by atoms with Gasteiger partial charge in [0.1, 0.15) is 0 Å². The highest BCUT2D eigenvalue weighted by Crippen LogP contribution is 2.17. The molecule has 0 spiro atoms. The van der Waals surface area contributed by atoms with Crippen LogP contribution in [0.3, 0.4) is 0 Å². The number of rotatable bonds is 5. The van der Waals surface area contributed by atoms with Crippen molar-refractivity contribution in [1.82, 2.24) is 4.90 Å². The predicted molar refractivity (Wildman–Crippen MR) is 77.3 cm³/mol.